The number of fused-ring (bicyclic) bond motifs is 1. The number of hydrogen-bond donors (Lipinski definition) is 0. The minimum absolute atomic E-state index is 0.0173. The Balaban J connectivity index is 2.04. The Hall–Kier alpha value is -1.59. The molecule has 3 rings (SSSR count). The summed E-state index contributed by atoms with van der Waals surface area (Å²) in [5, 5.41) is 0. The van der Waals surface area contributed by atoms with Gasteiger partial charge in [0.2, 0.25) is 0 Å². The molecule has 36 heavy (non-hydrogen) atoms. The van der Waals surface area contributed by atoms with Crippen molar-refractivity contribution in [2.24, 2.45) is 22.7 Å². The molecule has 2 aliphatic carbocycles. The molecule has 5 atom stereocenters. The van der Waals surface area contributed by atoms with E-state index in [1.807, 2.05) is 13.8 Å². The van der Waals surface area contributed by atoms with Gasteiger partial charge in [0.25, 0.3) is 5.95 Å². The first-order chi connectivity index (χ1) is 17.0. The van der Waals surface area contributed by atoms with E-state index < -0.39 is 8.32 Å². The minimum atomic E-state index is -1.75. The van der Waals surface area contributed by atoms with Crippen LogP contribution in [-0.4, -0.2) is 21.5 Å². The Bertz CT molecular complexity index is 1010. The fraction of sp³-hybridized carbons (Fsp3) is 0.710. The van der Waals surface area contributed by atoms with Gasteiger partial charge in [0.15, 0.2) is 13.7 Å². The third-order valence-electron chi connectivity index (χ3n) is 10.5. The van der Waals surface area contributed by atoms with Crippen molar-refractivity contribution in [1.82, 2.24) is 0 Å². The molecule has 0 aliphatic heterocycles. The van der Waals surface area contributed by atoms with Crippen molar-refractivity contribution in [3.8, 4) is 5.95 Å². The van der Waals surface area contributed by atoms with Crippen LogP contribution in [0.2, 0.25) is 18.1 Å². The molecule has 2 aliphatic rings. The lowest BCUT2D eigenvalue weighted by Crippen LogP contribution is -2.59. The Labute approximate surface area is 220 Å². The zero-order valence-electron chi connectivity index (χ0n) is 24.2. The maximum Gasteiger partial charge on any atom is 0.291 e. The van der Waals surface area contributed by atoms with Gasteiger partial charge in [0.1, 0.15) is 5.76 Å². The predicted molar refractivity (Wildman–Crippen MR) is 152 cm³/mol. The van der Waals surface area contributed by atoms with Gasteiger partial charge >= 0.3 is 0 Å². The van der Waals surface area contributed by atoms with Gasteiger partial charge in [-0.15, -0.1) is 6.58 Å². The Morgan fingerprint density at radius 3 is 2.33 bits per heavy atom. The molecular formula is C31H50O4Si. The molecule has 0 unspecified atom stereocenters. The van der Waals surface area contributed by atoms with Crippen LogP contribution in [-0.2, 0) is 10.8 Å². The van der Waals surface area contributed by atoms with E-state index in [9.17, 15) is 4.79 Å². The van der Waals surface area contributed by atoms with Crippen LogP contribution in [0.15, 0.2) is 34.0 Å². The summed E-state index contributed by atoms with van der Waals surface area (Å²) in [6.07, 6.45) is 8.17. The molecule has 1 heterocycles. The van der Waals surface area contributed by atoms with E-state index in [0.717, 1.165) is 32.1 Å². The van der Waals surface area contributed by atoms with Crippen LogP contribution in [0.3, 0.4) is 0 Å². The standard InChI is InChI=1S/C31H50O4Si/c1-11-18-31(9)26-16-15-21(5)25(20-24-28(32)22(6)23(7)34-29(24)33-10)30(26,8)19-17-27(31)35-36(12-2,13-3)14-4/h11,25-27H,1,5,12-20H2,2-4,6-10H3/t25-,26-,27+,30-,31+/m1/s1. The molecule has 2 saturated carbocycles. The van der Waals surface area contributed by atoms with E-state index in [2.05, 4.69) is 53.9 Å². The lowest BCUT2D eigenvalue weighted by molar-refractivity contribution is -0.125. The van der Waals surface area contributed by atoms with Crippen molar-refractivity contribution < 1.29 is 13.6 Å². The first kappa shape index (κ1) is 29.0. The topological polar surface area (TPSA) is 48.7 Å². The molecule has 0 saturated heterocycles. The summed E-state index contributed by atoms with van der Waals surface area (Å²) >= 11 is 0. The van der Waals surface area contributed by atoms with Gasteiger partial charge < -0.3 is 13.6 Å². The van der Waals surface area contributed by atoms with E-state index in [1.54, 1.807) is 7.11 Å². The maximum absolute atomic E-state index is 13.4. The fourth-order valence-corrected chi connectivity index (χ4v) is 10.7. The Kier molecular flexibility index (Phi) is 8.87. The summed E-state index contributed by atoms with van der Waals surface area (Å²) in [7, 11) is -0.160. The molecule has 0 bridgehead atoms. The molecule has 4 nitrogen and oxygen atoms in total. The number of rotatable bonds is 10. The van der Waals surface area contributed by atoms with Gasteiger partial charge in [0, 0.05) is 5.56 Å². The minimum Gasteiger partial charge on any atom is -0.468 e. The molecule has 2 fully saturated rings. The van der Waals surface area contributed by atoms with E-state index in [4.69, 9.17) is 13.6 Å². The van der Waals surface area contributed by atoms with Crippen LogP contribution in [0, 0.1) is 36.5 Å². The summed E-state index contributed by atoms with van der Waals surface area (Å²) in [6, 6.07) is 3.51. The highest BCUT2D eigenvalue weighted by molar-refractivity contribution is 6.73. The fourth-order valence-electron chi connectivity index (χ4n) is 7.73. The zero-order chi connectivity index (χ0) is 26.9. The molecule has 0 radical (unpaired) electrons. The maximum atomic E-state index is 13.4. The third-order valence-corrected chi connectivity index (χ3v) is 15.1. The van der Waals surface area contributed by atoms with Crippen molar-refractivity contribution in [3.05, 3.63) is 51.9 Å². The number of aryl methyl sites for hydroxylation is 1. The molecular weight excluding hydrogens is 464 g/mol. The number of methoxy groups -OCH3 is 1. The summed E-state index contributed by atoms with van der Waals surface area (Å²) in [5.74, 6) is 1.65. The summed E-state index contributed by atoms with van der Waals surface area (Å²) in [5.41, 5.74) is 2.67. The number of allylic oxidation sites excluding steroid dienone is 2. The van der Waals surface area contributed by atoms with Gasteiger partial charge in [-0.2, -0.15) is 0 Å². The SMILES string of the molecule is C=CC[C@@]1(C)[C@@H]2CCC(=C)[C@@H](Cc3c(OC)oc(C)c(C)c3=O)[C@@]2(C)CC[C@@H]1O[Si](CC)(CC)CC. The number of hydrogen-bond acceptors (Lipinski definition) is 4. The Morgan fingerprint density at radius 1 is 1.14 bits per heavy atom. The third kappa shape index (κ3) is 4.82. The smallest absolute Gasteiger partial charge is 0.291 e. The van der Waals surface area contributed by atoms with Crippen molar-refractivity contribution in [1.29, 1.82) is 0 Å². The average Bonchev–Trinajstić information content (AvgIpc) is 2.86. The molecule has 0 spiro atoms. The van der Waals surface area contributed by atoms with Crippen molar-refractivity contribution in [3.63, 3.8) is 0 Å². The van der Waals surface area contributed by atoms with Gasteiger partial charge in [-0.05, 0) is 93.2 Å². The van der Waals surface area contributed by atoms with Gasteiger partial charge in [-0.25, -0.2) is 0 Å². The van der Waals surface area contributed by atoms with E-state index >= 15 is 0 Å². The van der Waals surface area contributed by atoms with E-state index in [1.165, 1.54) is 23.7 Å². The molecule has 0 amide bonds. The van der Waals surface area contributed by atoms with Crippen LogP contribution in [0.4, 0.5) is 0 Å². The molecule has 0 N–H and O–H groups in total. The van der Waals surface area contributed by atoms with Crippen molar-refractivity contribution in [2.45, 2.75) is 111 Å². The van der Waals surface area contributed by atoms with Gasteiger partial charge in [0.05, 0.1) is 18.8 Å². The second-order valence-corrected chi connectivity index (χ2v) is 16.7. The van der Waals surface area contributed by atoms with E-state index in [0.29, 0.717) is 35.2 Å². The largest absolute Gasteiger partial charge is 0.468 e. The highest BCUT2D eigenvalue weighted by Gasteiger charge is 2.58. The quantitative estimate of drug-likeness (QED) is 0.233. The lowest BCUT2D eigenvalue weighted by atomic mass is 9.45. The molecule has 1 aromatic rings. The van der Waals surface area contributed by atoms with Gasteiger partial charge in [-0.1, -0.05) is 52.8 Å². The highest BCUT2D eigenvalue weighted by atomic mass is 28.4. The second-order valence-electron chi connectivity index (χ2n) is 12.0. The molecule has 0 aromatic carbocycles. The summed E-state index contributed by atoms with van der Waals surface area (Å²) < 4.78 is 18.7. The normalized spacial score (nSPS) is 30.7. The van der Waals surface area contributed by atoms with Gasteiger partial charge in [-0.3, -0.25) is 4.79 Å². The monoisotopic (exact) mass is 514 g/mol. The highest BCUT2D eigenvalue weighted by Crippen LogP contribution is 2.63. The lowest BCUT2D eigenvalue weighted by Gasteiger charge is -2.62. The van der Waals surface area contributed by atoms with Crippen LogP contribution < -0.4 is 10.2 Å². The second kappa shape index (κ2) is 11.0. The number of ether oxygens (including phenoxy) is 1. The van der Waals surface area contributed by atoms with Crippen molar-refractivity contribution >= 4 is 8.32 Å². The Morgan fingerprint density at radius 2 is 1.78 bits per heavy atom. The first-order valence-electron chi connectivity index (χ1n) is 14.1. The summed E-state index contributed by atoms with van der Waals surface area (Å²) in [6.45, 7) is 24.3. The van der Waals surface area contributed by atoms with Crippen LogP contribution in [0.5, 0.6) is 5.95 Å². The predicted octanol–water partition coefficient (Wildman–Crippen LogP) is 8.16. The first-order valence-corrected chi connectivity index (χ1v) is 16.6. The van der Waals surface area contributed by atoms with Crippen LogP contribution >= 0.6 is 0 Å². The molecule has 202 valence electrons. The van der Waals surface area contributed by atoms with E-state index in [-0.39, 0.29) is 28.3 Å². The summed E-state index contributed by atoms with van der Waals surface area (Å²) in [4.78, 5) is 13.4. The van der Waals surface area contributed by atoms with Crippen LogP contribution in [0.1, 0.15) is 83.6 Å². The van der Waals surface area contributed by atoms with Crippen LogP contribution in [0.25, 0.3) is 0 Å². The zero-order valence-corrected chi connectivity index (χ0v) is 25.2. The molecule has 5 heteroatoms. The van der Waals surface area contributed by atoms with Crippen molar-refractivity contribution in [2.75, 3.05) is 7.11 Å². The molecule has 1 aromatic heterocycles. The average molecular weight is 515 g/mol.